The first-order chi connectivity index (χ1) is 12.2. The summed E-state index contributed by atoms with van der Waals surface area (Å²) >= 11 is 3.53. The number of amides is 1. The van der Waals surface area contributed by atoms with E-state index in [0.29, 0.717) is 12.2 Å². The van der Waals surface area contributed by atoms with Gasteiger partial charge in [0.05, 0.1) is 16.8 Å². The lowest BCUT2D eigenvalue weighted by Gasteiger charge is -2.28. The van der Waals surface area contributed by atoms with Gasteiger partial charge in [0.1, 0.15) is 11.5 Å². The van der Waals surface area contributed by atoms with Crippen molar-refractivity contribution in [3.8, 4) is 0 Å². The quantitative estimate of drug-likeness (QED) is 0.616. The van der Waals surface area contributed by atoms with E-state index < -0.39 is 0 Å². The molecule has 0 fully saturated rings. The maximum atomic E-state index is 12.7. The fraction of sp³-hybridized carbons (Fsp3) is 0.316. The molecule has 1 amide bonds. The van der Waals surface area contributed by atoms with Gasteiger partial charge in [-0.2, -0.15) is 0 Å². The van der Waals surface area contributed by atoms with Crippen LogP contribution in [0.2, 0.25) is 0 Å². The van der Waals surface area contributed by atoms with Gasteiger partial charge < -0.3 is 14.7 Å². The second-order valence-electron chi connectivity index (χ2n) is 5.82. The number of H-pyrrole nitrogens is 1. The monoisotopic (exact) mass is 403 g/mol. The fourth-order valence-corrected chi connectivity index (χ4v) is 3.72. The van der Waals surface area contributed by atoms with Crippen LogP contribution in [0.4, 0.5) is 0 Å². The van der Waals surface area contributed by atoms with Gasteiger partial charge in [0, 0.05) is 17.4 Å². The minimum Gasteiger partial charge on any atom is -0.468 e. The van der Waals surface area contributed by atoms with Crippen molar-refractivity contribution in [2.24, 2.45) is 0 Å². The van der Waals surface area contributed by atoms with Crippen LogP contribution < -0.4 is 5.32 Å². The number of aromatic nitrogens is 1. The minimum atomic E-state index is -0.133. The maximum Gasteiger partial charge on any atom is 0.268 e. The number of hydrogen-bond acceptors (Lipinski definition) is 3. The average molecular weight is 404 g/mol. The molecule has 1 atom stereocenters. The average Bonchev–Trinajstić information content (AvgIpc) is 3.27. The Morgan fingerprint density at radius 1 is 1.24 bits per heavy atom. The Hall–Kier alpha value is -2.05. The number of nitrogens with zero attached hydrogens (tertiary/aromatic N) is 1. The number of halogens is 1. The number of rotatable bonds is 7. The van der Waals surface area contributed by atoms with Gasteiger partial charge in [0.25, 0.3) is 5.91 Å². The predicted molar refractivity (Wildman–Crippen MR) is 103 cm³/mol. The van der Waals surface area contributed by atoms with Crippen LogP contribution in [-0.2, 0) is 0 Å². The molecule has 1 aromatic carbocycles. The van der Waals surface area contributed by atoms with Gasteiger partial charge in [-0.3, -0.25) is 9.69 Å². The van der Waals surface area contributed by atoms with Crippen molar-refractivity contribution in [1.29, 1.82) is 0 Å². The molecule has 5 nitrogen and oxygen atoms in total. The van der Waals surface area contributed by atoms with Gasteiger partial charge in [0.15, 0.2) is 0 Å². The standard InChI is InChI=1S/C19H22BrN3O2/c1-3-23(4-2)15(16-10-7-11-25-16)12-21-19(24)18-17(20)13-8-5-6-9-14(13)22-18/h5-11,15,22H,3-4,12H2,1-2H3,(H,21,24). The Morgan fingerprint density at radius 2 is 2.00 bits per heavy atom. The third-order valence-electron chi connectivity index (χ3n) is 4.45. The molecule has 2 aromatic heterocycles. The van der Waals surface area contributed by atoms with Crippen LogP contribution in [0.3, 0.4) is 0 Å². The SMILES string of the molecule is CCN(CC)C(CNC(=O)c1[nH]c2ccccc2c1Br)c1ccco1. The van der Waals surface area contributed by atoms with Gasteiger partial charge in [-0.1, -0.05) is 32.0 Å². The van der Waals surface area contributed by atoms with Gasteiger partial charge >= 0.3 is 0 Å². The van der Waals surface area contributed by atoms with E-state index in [4.69, 9.17) is 4.42 Å². The number of furan rings is 1. The highest BCUT2D eigenvalue weighted by atomic mass is 79.9. The minimum absolute atomic E-state index is 0.0112. The first-order valence-electron chi connectivity index (χ1n) is 8.47. The van der Waals surface area contributed by atoms with Crippen molar-refractivity contribution in [1.82, 2.24) is 15.2 Å². The molecule has 132 valence electrons. The van der Waals surface area contributed by atoms with Crippen LogP contribution in [0.25, 0.3) is 10.9 Å². The molecule has 3 rings (SSSR count). The zero-order chi connectivity index (χ0) is 17.8. The van der Waals surface area contributed by atoms with E-state index >= 15 is 0 Å². The summed E-state index contributed by atoms with van der Waals surface area (Å²) < 4.78 is 6.37. The van der Waals surface area contributed by atoms with Gasteiger partial charge in [0.2, 0.25) is 0 Å². The fourth-order valence-electron chi connectivity index (χ4n) is 3.10. The molecule has 0 saturated heterocycles. The van der Waals surface area contributed by atoms with Crippen molar-refractivity contribution in [2.75, 3.05) is 19.6 Å². The predicted octanol–water partition coefficient (Wildman–Crippen LogP) is 4.34. The third kappa shape index (κ3) is 3.65. The summed E-state index contributed by atoms with van der Waals surface area (Å²) in [7, 11) is 0. The number of aromatic amines is 1. The molecule has 2 N–H and O–H groups in total. The molecule has 0 radical (unpaired) electrons. The third-order valence-corrected chi connectivity index (χ3v) is 5.27. The Labute approximate surface area is 155 Å². The molecule has 0 aliphatic heterocycles. The number of carbonyl (C=O) groups is 1. The summed E-state index contributed by atoms with van der Waals surface area (Å²) in [5.41, 5.74) is 1.48. The van der Waals surface area contributed by atoms with Crippen LogP contribution in [0, 0.1) is 0 Å². The highest BCUT2D eigenvalue weighted by Gasteiger charge is 2.23. The maximum absolute atomic E-state index is 12.7. The lowest BCUT2D eigenvalue weighted by atomic mass is 10.2. The summed E-state index contributed by atoms with van der Waals surface area (Å²) in [6.45, 7) is 6.46. The number of para-hydroxylation sites is 1. The van der Waals surface area contributed by atoms with Crippen molar-refractivity contribution < 1.29 is 9.21 Å². The smallest absolute Gasteiger partial charge is 0.268 e. The summed E-state index contributed by atoms with van der Waals surface area (Å²) in [5.74, 6) is 0.728. The van der Waals surface area contributed by atoms with E-state index in [2.05, 4.69) is 45.0 Å². The van der Waals surface area contributed by atoms with E-state index in [-0.39, 0.29) is 11.9 Å². The van der Waals surface area contributed by atoms with Crippen LogP contribution in [-0.4, -0.2) is 35.4 Å². The van der Waals surface area contributed by atoms with E-state index in [1.54, 1.807) is 6.26 Å². The topological polar surface area (TPSA) is 61.3 Å². The van der Waals surface area contributed by atoms with E-state index in [1.807, 2.05) is 36.4 Å². The molecular formula is C19H22BrN3O2. The highest BCUT2D eigenvalue weighted by molar-refractivity contribution is 9.10. The normalized spacial score (nSPS) is 12.6. The van der Waals surface area contributed by atoms with Gasteiger partial charge in [-0.15, -0.1) is 0 Å². The number of hydrogen-bond donors (Lipinski definition) is 2. The van der Waals surface area contributed by atoms with Crippen molar-refractivity contribution in [3.05, 3.63) is 58.6 Å². The molecule has 1 unspecified atom stereocenters. The molecule has 0 spiro atoms. The van der Waals surface area contributed by atoms with E-state index in [1.165, 1.54) is 0 Å². The molecule has 3 aromatic rings. The van der Waals surface area contributed by atoms with Crippen molar-refractivity contribution in [3.63, 3.8) is 0 Å². The molecule has 2 heterocycles. The molecule has 6 heteroatoms. The second kappa shape index (κ2) is 7.89. The Balaban J connectivity index is 1.78. The van der Waals surface area contributed by atoms with Gasteiger partial charge in [-0.25, -0.2) is 0 Å². The number of fused-ring (bicyclic) bond motifs is 1. The van der Waals surface area contributed by atoms with Crippen LogP contribution in [0.1, 0.15) is 36.1 Å². The Bertz CT molecular complexity index is 838. The van der Waals surface area contributed by atoms with Gasteiger partial charge in [-0.05, 0) is 47.2 Å². The second-order valence-corrected chi connectivity index (χ2v) is 6.62. The first-order valence-corrected chi connectivity index (χ1v) is 9.26. The van der Waals surface area contributed by atoms with E-state index in [0.717, 1.165) is 34.2 Å². The van der Waals surface area contributed by atoms with Crippen molar-refractivity contribution >= 4 is 32.7 Å². The molecule has 0 aliphatic rings. The summed E-state index contributed by atoms with van der Waals surface area (Å²) in [5, 5.41) is 4.04. The molecule has 0 aliphatic carbocycles. The largest absolute Gasteiger partial charge is 0.468 e. The zero-order valence-corrected chi connectivity index (χ0v) is 16.0. The molecule has 25 heavy (non-hydrogen) atoms. The summed E-state index contributed by atoms with van der Waals surface area (Å²) in [6.07, 6.45) is 1.67. The molecule has 0 saturated carbocycles. The van der Waals surface area contributed by atoms with Crippen LogP contribution in [0.15, 0.2) is 51.6 Å². The first kappa shape index (κ1) is 17.8. The number of nitrogens with one attached hydrogen (secondary N) is 2. The zero-order valence-electron chi connectivity index (χ0n) is 14.4. The molecule has 0 bridgehead atoms. The van der Waals surface area contributed by atoms with Crippen LogP contribution in [0.5, 0.6) is 0 Å². The Morgan fingerprint density at radius 3 is 2.64 bits per heavy atom. The van der Waals surface area contributed by atoms with Crippen molar-refractivity contribution in [2.45, 2.75) is 19.9 Å². The Kier molecular flexibility index (Phi) is 5.60. The number of carbonyl (C=O) groups excluding carboxylic acids is 1. The van der Waals surface area contributed by atoms with Crippen LogP contribution >= 0.6 is 15.9 Å². The summed E-state index contributed by atoms with van der Waals surface area (Å²) in [6, 6.07) is 11.7. The highest BCUT2D eigenvalue weighted by Crippen LogP contribution is 2.28. The lowest BCUT2D eigenvalue weighted by molar-refractivity contribution is 0.0925. The number of benzene rings is 1. The van der Waals surface area contributed by atoms with E-state index in [9.17, 15) is 4.79 Å². The molecular weight excluding hydrogens is 382 g/mol. The summed E-state index contributed by atoms with van der Waals surface area (Å²) in [4.78, 5) is 18.1. The lowest BCUT2D eigenvalue weighted by Crippen LogP contribution is -2.38. The number of likely N-dealkylation sites (N-methyl/N-ethyl adjacent to an activating group) is 1.